The molecule has 0 saturated carbocycles. The quantitative estimate of drug-likeness (QED) is 0.156. The molecule has 0 radical (unpaired) electrons. The highest BCUT2D eigenvalue weighted by atomic mass is 79.9. The molecule has 0 aromatic heterocycles. The number of ether oxygens (including phenoxy) is 2. The molecule has 0 spiro atoms. The minimum absolute atomic E-state index is 0. The fraction of sp³-hybridized carbons (Fsp3) is 0.545. The predicted octanol–water partition coefficient (Wildman–Crippen LogP) is 9.97. The molecule has 5 nitrogen and oxygen atoms in total. The van der Waals surface area contributed by atoms with E-state index in [0.29, 0.717) is 23.7 Å². The van der Waals surface area contributed by atoms with Crippen molar-refractivity contribution in [1.29, 1.82) is 0 Å². The molecule has 40 heavy (non-hydrogen) atoms. The molecular formula is C33H49BrN2O3S. The van der Waals surface area contributed by atoms with Crippen LogP contribution in [0.3, 0.4) is 0 Å². The van der Waals surface area contributed by atoms with E-state index < -0.39 is 0 Å². The number of para-hydroxylation sites is 1. The van der Waals surface area contributed by atoms with Gasteiger partial charge in [0, 0.05) is 24.0 Å². The Bertz CT molecular complexity index is 1050. The number of nitrogens with zero attached hydrogens (tertiary/aromatic N) is 1. The van der Waals surface area contributed by atoms with Gasteiger partial charge in [-0.2, -0.15) is 0 Å². The van der Waals surface area contributed by atoms with Gasteiger partial charge in [0.15, 0.2) is 0 Å². The fourth-order valence-electron chi connectivity index (χ4n) is 4.83. The van der Waals surface area contributed by atoms with Gasteiger partial charge in [0.2, 0.25) is 0 Å². The van der Waals surface area contributed by atoms with Crippen LogP contribution >= 0.6 is 28.7 Å². The Morgan fingerprint density at radius 1 is 0.925 bits per heavy atom. The number of anilines is 1. The summed E-state index contributed by atoms with van der Waals surface area (Å²) in [5, 5.41) is 5.31. The monoisotopic (exact) mass is 632 g/mol. The van der Waals surface area contributed by atoms with E-state index in [9.17, 15) is 4.79 Å². The Hall–Kier alpha value is -2.12. The lowest BCUT2D eigenvalue weighted by Gasteiger charge is -2.21. The molecular weight excluding hydrogens is 584 g/mol. The summed E-state index contributed by atoms with van der Waals surface area (Å²) in [6.07, 6.45) is 15.7. The summed E-state index contributed by atoms with van der Waals surface area (Å²) in [7, 11) is 1.63. The average Bonchev–Trinajstić information content (AvgIpc) is 3.36. The fourth-order valence-corrected chi connectivity index (χ4v) is 5.77. The van der Waals surface area contributed by atoms with Crippen molar-refractivity contribution in [1.82, 2.24) is 4.90 Å². The van der Waals surface area contributed by atoms with E-state index >= 15 is 0 Å². The molecule has 1 aliphatic heterocycles. The van der Waals surface area contributed by atoms with Gasteiger partial charge in [-0.05, 0) is 42.5 Å². The van der Waals surface area contributed by atoms with Crippen LogP contribution in [0.15, 0.2) is 53.6 Å². The van der Waals surface area contributed by atoms with Crippen molar-refractivity contribution in [2.45, 2.75) is 97.4 Å². The average molecular weight is 634 g/mol. The zero-order valence-electron chi connectivity index (χ0n) is 24.7. The van der Waals surface area contributed by atoms with E-state index in [1.165, 1.54) is 69.9 Å². The maximum absolute atomic E-state index is 13.4. The van der Waals surface area contributed by atoms with Crippen LogP contribution in [0.2, 0.25) is 0 Å². The number of rotatable bonds is 19. The summed E-state index contributed by atoms with van der Waals surface area (Å²) >= 11 is 1.80. The van der Waals surface area contributed by atoms with Crippen LogP contribution in [-0.4, -0.2) is 30.4 Å². The molecule has 1 amide bonds. The zero-order chi connectivity index (χ0) is 27.7. The van der Waals surface area contributed by atoms with Crippen molar-refractivity contribution in [2.75, 3.05) is 24.9 Å². The normalized spacial score (nSPS) is 12.6. The number of carbonyl (C=O) groups is 1. The summed E-state index contributed by atoms with van der Waals surface area (Å²) in [4.78, 5) is 15.7. The number of hydrogen-bond acceptors (Lipinski definition) is 5. The third kappa shape index (κ3) is 11.8. The lowest BCUT2D eigenvalue weighted by atomic mass is 10.1. The largest absolute Gasteiger partial charge is 0.497 e. The van der Waals surface area contributed by atoms with Gasteiger partial charge in [0.25, 0.3) is 5.91 Å². The van der Waals surface area contributed by atoms with Gasteiger partial charge in [-0.1, -0.05) is 95.8 Å². The van der Waals surface area contributed by atoms with Crippen LogP contribution in [0, 0.1) is 0 Å². The molecule has 2 aromatic rings. The highest BCUT2D eigenvalue weighted by molar-refractivity contribution is 8.93. The molecule has 1 aliphatic rings. The number of hydrogen-bond donors (Lipinski definition) is 1. The van der Waals surface area contributed by atoms with Gasteiger partial charge in [-0.25, -0.2) is 0 Å². The maximum atomic E-state index is 13.4. The molecule has 0 saturated heterocycles. The topological polar surface area (TPSA) is 50.8 Å². The summed E-state index contributed by atoms with van der Waals surface area (Å²) < 4.78 is 11.5. The first kappa shape index (κ1) is 34.1. The minimum Gasteiger partial charge on any atom is -0.497 e. The summed E-state index contributed by atoms with van der Waals surface area (Å²) in [5.41, 5.74) is 3.70. The number of halogens is 1. The minimum atomic E-state index is -0.169. The van der Waals surface area contributed by atoms with Gasteiger partial charge in [-0.3, -0.25) is 4.79 Å². The number of allylic oxidation sites excluding steroid dienone is 1. The Morgan fingerprint density at radius 3 is 2.20 bits per heavy atom. The van der Waals surface area contributed by atoms with E-state index in [-0.39, 0.29) is 22.9 Å². The molecule has 0 bridgehead atoms. The van der Waals surface area contributed by atoms with E-state index in [1.807, 2.05) is 30.3 Å². The lowest BCUT2D eigenvalue weighted by Crippen LogP contribution is -2.20. The number of benzene rings is 2. The van der Waals surface area contributed by atoms with Crippen molar-refractivity contribution in [2.24, 2.45) is 0 Å². The predicted molar refractivity (Wildman–Crippen MR) is 176 cm³/mol. The van der Waals surface area contributed by atoms with E-state index in [1.54, 1.807) is 24.9 Å². The van der Waals surface area contributed by atoms with Crippen LogP contribution in [-0.2, 0) is 6.54 Å². The Kier molecular flexibility index (Phi) is 16.9. The molecule has 222 valence electrons. The van der Waals surface area contributed by atoms with E-state index in [4.69, 9.17) is 9.47 Å². The Balaban J connectivity index is 0.00000560. The summed E-state index contributed by atoms with van der Waals surface area (Å²) in [6.45, 7) is 5.75. The number of carbonyl (C=O) groups excluding carboxylic acids is 1. The zero-order valence-corrected chi connectivity index (χ0v) is 27.2. The molecule has 1 heterocycles. The van der Waals surface area contributed by atoms with E-state index in [0.717, 1.165) is 36.5 Å². The van der Waals surface area contributed by atoms with Gasteiger partial charge >= 0.3 is 0 Å². The van der Waals surface area contributed by atoms with Crippen LogP contribution in [0.5, 0.6) is 11.5 Å². The number of methoxy groups -OCH3 is 1. The number of amides is 1. The molecule has 0 fully saturated rings. The second-order valence-corrected chi connectivity index (χ2v) is 11.3. The van der Waals surface area contributed by atoms with Crippen molar-refractivity contribution >= 4 is 40.3 Å². The molecule has 2 aromatic carbocycles. The van der Waals surface area contributed by atoms with Gasteiger partial charge in [0.05, 0.1) is 25.2 Å². The third-order valence-corrected chi connectivity index (χ3v) is 8.27. The lowest BCUT2D eigenvalue weighted by molar-refractivity contribution is 0.102. The molecule has 0 atom stereocenters. The van der Waals surface area contributed by atoms with Crippen LogP contribution in [0.25, 0.3) is 0 Å². The van der Waals surface area contributed by atoms with Gasteiger partial charge in [0.1, 0.15) is 11.5 Å². The molecule has 1 N–H and O–H groups in total. The smallest absolute Gasteiger partial charge is 0.259 e. The van der Waals surface area contributed by atoms with Crippen molar-refractivity contribution in [3.8, 4) is 11.5 Å². The maximum Gasteiger partial charge on any atom is 0.259 e. The summed E-state index contributed by atoms with van der Waals surface area (Å²) in [6, 6.07) is 13.4. The third-order valence-electron chi connectivity index (χ3n) is 7.30. The Labute approximate surface area is 257 Å². The first-order chi connectivity index (χ1) is 19.1. The highest BCUT2D eigenvalue weighted by Crippen LogP contribution is 2.29. The molecule has 3 rings (SSSR count). The highest BCUT2D eigenvalue weighted by Gasteiger charge is 2.18. The van der Waals surface area contributed by atoms with Crippen LogP contribution < -0.4 is 14.8 Å². The second-order valence-electron chi connectivity index (χ2n) is 10.5. The van der Waals surface area contributed by atoms with Crippen LogP contribution in [0.4, 0.5) is 5.69 Å². The van der Waals surface area contributed by atoms with Crippen molar-refractivity contribution < 1.29 is 14.3 Å². The molecule has 7 heteroatoms. The van der Waals surface area contributed by atoms with Crippen molar-refractivity contribution in [3.63, 3.8) is 0 Å². The number of unbranched alkanes of at least 4 members (excludes halogenated alkanes) is 11. The summed E-state index contributed by atoms with van der Waals surface area (Å²) in [5.74, 6) is 2.02. The van der Waals surface area contributed by atoms with Crippen molar-refractivity contribution in [3.05, 3.63) is 64.7 Å². The second kappa shape index (κ2) is 19.9. The number of thioether (sulfide) groups is 1. The molecule has 0 unspecified atom stereocenters. The first-order valence-corrected chi connectivity index (χ1v) is 15.9. The van der Waals surface area contributed by atoms with E-state index in [2.05, 4.69) is 35.5 Å². The molecule has 0 aliphatic carbocycles. The Morgan fingerprint density at radius 2 is 1.57 bits per heavy atom. The standard InChI is InChI=1S/C33H48N2O3S.BrH/c1-4-5-6-7-8-9-10-11-12-13-14-17-22-38-32-23-29(37-3)20-21-30(32)33(36)34-31-19-16-15-18-28(31)24-35-26-39-25-27(35)2;/h15-16,18-21,23,25H,4-14,17,22,24,26H2,1-3H3,(H,34,36);1H. The first-order valence-electron chi connectivity index (χ1n) is 14.9. The van der Waals surface area contributed by atoms with Gasteiger partial charge in [-0.15, -0.1) is 28.7 Å². The SMILES string of the molecule is Br.CCCCCCCCCCCCCCOc1cc(OC)ccc1C(=O)Nc1ccccc1CN1CSC=C1C. The van der Waals surface area contributed by atoms with Gasteiger partial charge < -0.3 is 19.7 Å². The van der Waals surface area contributed by atoms with Crippen LogP contribution in [0.1, 0.15) is 107 Å². The number of nitrogens with one attached hydrogen (secondary N) is 1.